The molecule has 2 aromatic carbocycles. The van der Waals surface area contributed by atoms with Crippen molar-refractivity contribution >= 4 is 46.0 Å². The molecule has 1 aliphatic heterocycles. The van der Waals surface area contributed by atoms with E-state index < -0.39 is 6.04 Å². The lowest BCUT2D eigenvalue weighted by Gasteiger charge is -2.30. The highest BCUT2D eigenvalue weighted by atomic mass is 127. The fraction of sp³-hybridized carbons (Fsp3) is 0.375. The van der Waals surface area contributed by atoms with Crippen molar-refractivity contribution in [1.29, 1.82) is 0 Å². The van der Waals surface area contributed by atoms with Crippen LogP contribution in [0.25, 0.3) is 0 Å². The Morgan fingerprint density at radius 1 is 1.07 bits per heavy atom. The van der Waals surface area contributed by atoms with Gasteiger partial charge in [0.05, 0.1) is 12.1 Å². The lowest BCUT2D eigenvalue weighted by molar-refractivity contribution is -0.139. The predicted molar refractivity (Wildman–Crippen MR) is 126 cm³/mol. The summed E-state index contributed by atoms with van der Waals surface area (Å²) in [6, 6.07) is 16.4. The van der Waals surface area contributed by atoms with Crippen molar-refractivity contribution in [1.82, 2.24) is 4.90 Å². The minimum Gasteiger partial charge on any atom is -0.330 e. The van der Waals surface area contributed by atoms with E-state index in [4.69, 9.17) is 0 Å². The molecule has 1 aliphatic rings. The molecular weight excluding hydrogens is 491 g/mol. The maximum Gasteiger partial charge on any atom is 0.257 e. The van der Waals surface area contributed by atoms with Gasteiger partial charge in [-0.25, -0.2) is 4.90 Å². The minimum absolute atomic E-state index is 0.0233. The zero-order chi connectivity index (χ0) is 21.9. The summed E-state index contributed by atoms with van der Waals surface area (Å²) in [5.74, 6) is -0.676. The minimum atomic E-state index is -0.754. The van der Waals surface area contributed by atoms with Gasteiger partial charge in [-0.05, 0) is 64.3 Å². The first-order valence-corrected chi connectivity index (χ1v) is 11.2. The average molecular weight is 518 g/mol. The fourth-order valence-corrected chi connectivity index (χ4v) is 3.98. The molecule has 0 saturated carbocycles. The van der Waals surface area contributed by atoms with Crippen molar-refractivity contribution < 1.29 is 14.4 Å². The molecule has 1 heterocycles. The summed E-state index contributed by atoms with van der Waals surface area (Å²) in [6.45, 7) is 6.41. The number of rotatable bonds is 6. The molecule has 6 heteroatoms. The first-order valence-electron chi connectivity index (χ1n) is 10.1. The van der Waals surface area contributed by atoms with Gasteiger partial charge in [-0.2, -0.15) is 0 Å². The van der Waals surface area contributed by atoms with Crippen LogP contribution in [0.2, 0.25) is 0 Å². The van der Waals surface area contributed by atoms with Crippen LogP contribution < -0.4 is 4.90 Å². The maximum absolute atomic E-state index is 13.2. The molecule has 3 rings (SSSR count). The Labute approximate surface area is 191 Å². The zero-order valence-corrected chi connectivity index (χ0v) is 19.8. The number of amides is 3. The van der Waals surface area contributed by atoms with Crippen molar-refractivity contribution in [2.75, 3.05) is 11.4 Å². The van der Waals surface area contributed by atoms with Crippen molar-refractivity contribution in [2.45, 2.75) is 46.1 Å². The number of halogens is 1. The van der Waals surface area contributed by atoms with Crippen LogP contribution in [0.15, 0.2) is 54.6 Å². The summed E-state index contributed by atoms with van der Waals surface area (Å²) in [4.78, 5) is 42.0. The highest BCUT2D eigenvalue weighted by Crippen LogP contribution is 2.28. The number of imide groups is 1. The summed E-state index contributed by atoms with van der Waals surface area (Å²) in [5, 5.41) is 0. The van der Waals surface area contributed by atoms with Crippen LogP contribution in [0.5, 0.6) is 0 Å². The van der Waals surface area contributed by atoms with Gasteiger partial charge in [-0.3, -0.25) is 14.4 Å². The predicted octanol–water partition coefficient (Wildman–Crippen LogP) is 4.43. The molecule has 0 bridgehead atoms. The number of hydrogen-bond acceptors (Lipinski definition) is 3. The normalized spacial score (nSPS) is 16.8. The number of hydrogen-bond donors (Lipinski definition) is 0. The van der Waals surface area contributed by atoms with Gasteiger partial charge in [0.1, 0.15) is 6.04 Å². The molecule has 0 spiro atoms. The molecule has 0 aromatic heterocycles. The largest absolute Gasteiger partial charge is 0.330 e. The second kappa shape index (κ2) is 9.29. The van der Waals surface area contributed by atoms with Crippen LogP contribution in [-0.4, -0.2) is 35.2 Å². The van der Waals surface area contributed by atoms with E-state index in [2.05, 4.69) is 22.6 Å². The Hall–Kier alpha value is -2.22. The third-order valence-electron chi connectivity index (χ3n) is 5.07. The molecule has 2 aromatic rings. The Bertz CT molecular complexity index is 920. The summed E-state index contributed by atoms with van der Waals surface area (Å²) in [7, 11) is 0. The molecule has 158 valence electrons. The van der Waals surface area contributed by atoms with E-state index >= 15 is 0 Å². The van der Waals surface area contributed by atoms with E-state index in [0.717, 1.165) is 9.13 Å². The molecule has 0 N–H and O–H groups in total. The Balaban J connectivity index is 1.84. The second-order valence-corrected chi connectivity index (χ2v) is 10.1. The SMILES string of the molecule is CC(C)(C)CC(=O)N(CCc1ccccc1)C1CC(=O)N(c2ccc(I)cc2)C1=O. The van der Waals surface area contributed by atoms with Gasteiger partial charge in [0.2, 0.25) is 11.8 Å². The Kier molecular flexibility index (Phi) is 6.95. The fourth-order valence-electron chi connectivity index (χ4n) is 3.62. The maximum atomic E-state index is 13.2. The lowest BCUT2D eigenvalue weighted by atomic mass is 9.91. The van der Waals surface area contributed by atoms with E-state index in [1.54, 1.807) is 17.0 Å². The highest BCUT2D eigenvalue weighted by molar-refractivity contribution is 14.1. The zero-order valence-electron chi connectivity index (χ0n) is 17.6. The number of benzene rings is 2. The van der Waals surface area contributed by atoms with Gasteiger partial charge in [0.25, 0.3) is 5.91 Å². The van der Waals surface area contributed by atoms with E-state index in [9.17, 15) is 14.4 Å². The van der Waals surface area contributed by atoms with Crippen LogP contribution in [0, 0.1) is 8.99 Å². The number of nitrogens with zero attached hydrogens (tertiary/aromatic N) is 2. The summed E-state index contributed by atoms with van der Waals surface area (Å²) in [6.07, 6.45) is 0.983. The van der Waals surface area contributed by atoms with Crippen LogP contribution in [-0.2, 0) is 20.8 Å². The van der Waals surface area contributed by atoms with E-state index in [-0.39, 0.29) is 29.6 Å². The second-order valence-electron chi connectivity index (χ2n) is 8.82. The number of anilines is 1. The lowest BCUT2D eigenvalue weighted by Crippen LogP contribution is -2.47. The van der Waals surface area contributed by atoms with Crippen molar-refractivity contribution in [3.8, 4) is 0 Å². The number of carbonyl (C=O) groups excluding carboxylic acids is 3. The number of carbonyl (C=O) groups is 3. The first kappa shape index (κ1) is 22.5. The molecule has 0 aliphatic carbocycles. The molecule has 1 fully saturated rings. The van der Waals surface area contributed by atoms with Crippen LogP contribution in [0.3, 0.4) is 0 Å². The molecule has 0 radical (unpaired) electrons. The Morgan fingerprint density at radius 3 is 2.30 bits per heavy atom. The van der Waals surface area contributed by atoms with Crippen molar-refractivity contribution in [3.63, 3.8) is 0 Å². The summed E-state index contributed by atoms with van der Waals surface area (Å²) < 4.78 is 1.02. The smallest absolute Gasteiger partial charge is 0.257 e. The summed E-state index contributed by atoms with van der Waals surface area (Å²) >= 11 is 2.18. The third-order valence-corrected chi connectivity index (χ3v) is 5.79. The van der Waals surface area contributed by atoms with Gasteiger partial charge in [0, 0.05) is 16.5 Å². The highest BCUT2D eigenvalue weighted by Gasteiger charge is 2.44. The standard InChI is InChI=1S/C24H27IN2O3/c1-24(2,3)16-22(29)26(14-13-17-7-5-4-6-8-17)20-15-21(28)27(23(20)30)19-11-9-18(25)10-12-19/h4-12,20H,13-16H2,1-3H3. The van der Waals surface area contributed by atoms with Crippen LogP contribution in [0.1, 0.15) is 39.2 Å². The Morgan fingerprint density at radius 2 is 1.70 bits per heavy atom. The van der Waals surface area contributed by atoms with E-state index in [1.807, 2.05) is 63.2 Å². The topological polar surface area (TPSA) is 57.7 Å². The molecule has 5 nitrogen and oxygen atoms in total. The quantitative estimate of drug-likeness (QED) is 0.420. The van der Waals surface area contributed by atoms with Crippen molar-refractivity contribution in [3.05, 3.63) is 63.7 Å². The van der Waals surface area contributed by atoms with Crippen molar-refractivity contribution in [2.24, 2.45) is 5.41 Å². The third kappa shape index (κ3) is 5.47. The van der Waals surface area contributed by atoms with Gasteiger partial charge >= 0.3 is 0 Å². The van der Waals surface area contributed by atoms with Gasteiger partial charge in [0.15, 0.2) is 0 Å². The molecular formula is C24H27IN2O3. The molecule has 1 saturated heterocycles. The summed E-state index contributed by atoms with van der Waals surface area (Å²) in [5.41, 5.74) is 1.44. The molecule has 1 unspecified atom stereocenters. The van der Waals surface area contributed by atoms with Crippen LogP contribution in [0.4, 0.5) is 5.69 Å². The molecule has 1 atom stereocenters. The van der Waals surface area contributed by atoms with Crippen LogP contribution >= 0.6 is 22.6 Å². The monoisotopic (exact) mass is 518 g/mol. The van der Waals surface area contributed by atoms with Gasteiger partial charge in [-0.1, -0.05) is 51.1 Å². The van der Waals surface area contributed by atoms with E-state index in [1.165, 1.54) is 4.90 Å². The average Bonchev–Trinajstić information content (AvgIpc) is 2.96. The van der Waals surface area contributed by atoms with Gasteiger partial charge in [-0.15, -0.1) is 0 Å². The first-order chi connectivity index (χ1) is 14.2. The molecule has 30 heavy (non-hydrogen) atoms. The molecule has 3 amide bonds. The van der Waals surface area contributed by atoms with Gasteiger partial charge < -0.3 is 4.90 Å². The van der Waals surface area contributed by atoms with E-state index in [0.29, 0.717) is 25.1 Å².